The molecule has 2 aliphatic rings. The van der Waals surface area contributed by atoms with E-state index in [0.29, 0.717) is 11.8 Å². The topological polar surface area (TPSA) is 52.8 Å². The lowest BCUT2D eigenvalue weighted by atomic mass is 10.0. The van der Waals surface area contributed by atoms with Gasteiger partial charge in [0.25, 0.3) is 5.91 Å². The molecule has 2 fully saturated rings. The van der Waals surface area contributed by atoms with Gasteiger partial charge in [-0.25, -0.2) is 0 Å². The van der Waals surface area contributed by atoms with E-state index < -0.39 is 0 Å². The van der Waals surface area contributed by atoms with Crippen LogP contribution in [0, 0.1) is 6.92 Å². The zero-order valence-electron chi connectivity index (χ0n) is 17.3. The molecule has 2 aliphatic heterocycles. The lowest BCUT2D eigenvalue weighted by Gasteiger charge is -2.42. The number of likely N-dealkylation sites (tertiary alicyclic amines) is 1. The maximum absolute atomic E-state index is 13.2. The van der Waals surface area contributed by atoms with Crippen molar-refractivity contribution >= 4 is 17.7 Å². The number of aromatic nitrogens is 1. The van der Waals surface area contributed by atoms with E-state index in [1.807, 2.05) is 42.2 Å². The molecule has 2 aromatic rings. The highest BCUT2D eigenvalue weighted by Gasteiger charge is 2.29. The van der Waals surface area contributed by atoms with Crippen molar-refractivity contribution in [2.75, 3.05) is 46.3 Å². The Bertz CT molecular complexity index is 832. The summed E-state index contributed by atoms with van der Waals surface area (Å²) in [7, 11) is 2.21. The molecule has 3 heterocycles. The van der Waals surface area contributed by atoms with Gasteiger partial charge in [0.15, 0.2) is 0 Å². The number of rotatable bonds is 5. The molecular weight excluding hydrogens is 384 g/mol. The third-order valence-electron chi connectivity index (χ3n) is 5.88. The Balaban J connectivity index is 1.36. The zero-order valence-corrected chi connectivity index (χ0v) is 18.2. The van der Waals surface area contributed by atoms with Crippen LogP contribution in [0.15, 0.2) is 39.8 Å². The molecule has 1 amide bonds. The molecule has 0 bridgehead atoms. The molecule has 2 saturated heterocycles. The van der Waals surface area contributed by atoms with Gasteiger partial charge in [-0.05, 0) is 45.5 Å². The smallest absolute Gasteiger partial charge is 0.255 e. The number of benzene rings is 1. The summed E-state index contributed by atoms with van der Waals surface area (Å²) < 4.78 is 5.30. The first-order valence-electron chi connectivity index (χ1n) is 10.5. The van der Waals surface area contributed by atoms with Crippen LogP contribution >= 0.6 is 11.8 Å². The van der Waals surface area contributed by atoms with Crippen LogP contribution < -0.4 is 0 Å². The van der Waals surface area contributed by atoms with Crippen LogP contribution in [0.1, 0.15) is 34.7 Å². The van der Waals surface area contributed by atoms with Crippen LogP contribution in [0.4, 0.5) is 0 Å². The molecule has 1 atom stereocenters. The van der Waals surface area contributed by atoms with Gasteiger partial charge in [-0.15, -0.1) is 11.8 Å². The van der Waals surface area contributed by atoms with E-state index in [9.17, 15) is 4.79 Å². The van der Waals surface area contributed by atoms with Crippen molar-refractivity contribution in [1.29, 1.82) is 0 Å². The molecule has 6 nitrogen and oxygen atoms in total. The largest absolute Gasteiger partial charge is 0.360 e. The summed E-state index contributed by atoms with van der Waals surface area (Å²) in [6, 6.07) is 10.5. The zero-order chi connectivity index (χ0) is 20.2. The van der Waals surface area contributed by atoms with E-state index in [2.05, 4.69) is 22.0 Å². The van der Waals surface area contributed by atoms with E-state index >= 15 is 0 Å². The average molecular weight is 415 g/mol. The van der Waals surface area contributed by atoms with Crippen LogP contribution in [-0.2, 0) is 5.75 Å². The van der Waals surface area contributed by atoms with Gasteiger partial charge >= 0.3 is 0 Å². The molecule has 0 radical (unpaired) electrons. The van der Waals surface area contributed by atoms with Crippen LogP contribution in [0.5, 0.6) is 0 Å². The molecule has 0 aliphatic carbocycles. The van der Waals surface area contributed by atoms with Crippen molar-refractivity contribution in [3.63, 3.8) is 0 Å². The minimum absolute atomic E-state index is 0.141. The van der Waals surface area contributed by atoms with Gasteiger partial charge in [0.2, 0.25) is 0 Å². The number of thioether (sulfide) groups is 1. The fraction of sp³-hybridized carbons (Fsp3) is 0.545. The molecule has 29 heavy (non-hydrogen) atoms. The summed E-state index contributed by atoms with van der Waals surface area (Å²) in [4.78, 5) is 21.2. The minimum Gasteiger partial charge on any atom is -0.360 e. The first kappa shape index (κ1) is 20.4. The standard InChI is InChI=1S/C22H30N4O2S/c1-17-14-19(28-23-17)16-29-21-8-4-3-7-20(21)22(27)26-12-10-25(11-13-26)18-6-5-9-24(2)15-18/h3-4,7-8,14,18H,5-6,9-13,15-16H2,1-2H3. The number of carbonyl (C=O) groups is 1. The normalized spacial score (nSPS) is 21.4. The Hall–Kier alpha value is -1.83. The van der Waals surface area contributed by atoms with Gasteiger partial charge in [-0.1, -0.05) is 17.3 Å². The molecule has 0 saturated carbocycles. The van der Waals surface area contributed by atoms with Gasteiger partial charge in [0, 0.05) is 49.7 Å². The molecule has 4 rings (SSSR count). The summed E-state index contributed by atoms with van der Waals surface area (Å²) in [5.74, 6) is 1.65. The monoisotopic (exact) mass is 414 g/mol. The molecule has 7 heteroatoms. The van der Waals surface area contributed by atoms with Gasteiger partial charge in [0.1, 0.15) is 5.76 Å². The SMILES string of the molecule is Cc1cc(CSc2ccccc2C(=O)N2CCN(C3CCCN(C)C3)CC2)on1. The number of amides is 1. The highest BCUT2D eigenvalue weighted by Crippen LogP contribution is 2.28. The Morgan fingerprint density at radius 1 is 1.21 bits per heavy atom. The Morgan fingerprint density at radius 2 is 2.00 bits per heavy atom. The van der Waals surface area contributed by atoms with E-state index in [-0.39, 0.29) is 5.91 Å². The van der Waals surface area contributed by atoms with Gasteiger partial charge in [-0.3, -0.25) is 9.69 Å². The van der Waals surface area contributed by atoms with E-state index in [1.54, 1.807) is 11.8 Å². The van der Waals surface area contributed by atoms with E-state index in [1.165, 1.54) is 19.4 Å². The van der Waals surface area contributed by atoms with Crippen LogP contribution in [0.3, 0.4) is 0 Å². The third kappa shape index (κ3) is 5.02. The van der Waals surface area contributed by atoms with E-state index in [4.69, 9.17) is 4.52 Å². The number of hydrogen-bond donors (Lipinski definition) is 0. The lowest BCUT2D eigenvalue weighted by Crippen LogP contribution is -2.55. The average Bonchev–Trinajstić information content (AvgIpc) is 3.17. The highest BCUT2D eigenvalue weighted by atomic mass is 32.2. The number of piperidine rings is 1. The summed E-state index contributed by atoms with van der Waals surface area (Å²) in [6.07, 6.45) is 2.55. The first-order valence-corrected chi connectivity index (χ1v) is 11.4. The van der Waals surface area contributed by atoms with Crippen molar-refractivity contribution < 1.29 is 9.32 Å². The highest BCUT2D eigenvalue weighted by molar-refractivity contribution is 7.98. The summed E-state index contributed by atoms with van der Waals surface area (Å²) in [5, 5.41) is 3.94. The minimum atomic E-state index is 0.141. The van der Waals surface area contributed by atoms with Gasteiger partial charge in [-0.2, -0.15) is 0 Å². The Labute approximate surface area is 177 Å². The van der Waals surface area contributed by atoms with Crippen LogP contribution in [0.25, 0.3) is 0 Å². The number of hydrogen-bond acceptors (Lipinski definition) is 6. The Kier molecular flexibility index (Phi) is 6.57. The molecule has 0 N–H and O–H groups in total. The molecule has 1 aromatic carbocycles. The van der Waals surface area contributed by atoms with Gasteiger partial charge in [0.05, 0.1) is 17.0 Å². The molecule has 156 valence electrons. The first-order chi connectivity index (χ1) is 14.1. The van der Waals surface area contributed by atoms with Crippen molar-refractivity contribution in [3.05, 3.63) is 47.3 Å². The maximum atomic E-state index is 13.2. The second-order valence-corrected chi connectivity index (χ2v) is 9.12. The maximum Gasteiger partial charge on any atom is 0.255 e. The predicted molar refractivity (Wildman–Crippen MR) is 115 cm³/mol. The summed E-state index contributed by atoms with van der Waals surface area (Å²) in [5.41, 5.74) is 1.67. The Morgan fingerprint density at radius 3 is 2.72 bits per heavy atom. The number of aryl methyl sites for hydroxylation is 1. The molecule has 1 unspecified atom stereocenters. The fourth-order valence-electron chi connectivity index (χ4n) is 4.30. The lowest BCUT2D eigenvalue weighted by molar-refractivity contribution is 0.0450. The van der Waals surface area contributed by atoms with E-state index in [0.717, 1.165) is 54.6 Å². The number of nitrogens with zero attached hydrogens (tertiary/aromatic N) is 4. The van der Waals surface area contributed by atoms with Crippen LogP contribution in [0.2, 0.25) is 0 Å². The second kappa shape index (κ2) is 9.32. The third-order valence-corrected chi connectivity index (χ3v) is 6.98. The molecule has 0 spiro atoms. The van der Waals surface area contributed by atoms with Crippen LogP contribution in [-0.4, -0.2) is 78.1 Å². The van der Waals surface area contributed by atoms with Crippen molar-refractivity contribution in [2.45, 2.75) is 36.5 Å². The quantitative estimate of drug-likeness (QED) is 0.701. The van der Waals surface area contributed by atoms with Crippen molar-refractivity contribution in [2.24, 2.45) is 0 Å². The summed E-state index contributed by atoms with van der Waals surface area (Å²) >= 11 is 1.63. The fourth-order valence-corrected chi connectivity index (χ4v) is 5.22. The number of carbonyl (C=O) groups excluding carboxylic acids is 1. The van der Waals surface area contributed by atoms with Crippen molar-refractivity contribution in [3.8, 4) is 0 Å². The van der Waals surface area contributed by atoms with Crippen molar-refractivity contribution in [1.82, 2.24) is 19.9 Å². The number of piperazine rings is 1. The number of likely N-dealkylation sites (N-methyl/N-ethyl adjacent to an activating group) is 1. The molecule has 1 aromatic heterocycles. The predicted octanol–water partition coefficient (Wildman–Crippen LogP) is 3.13. The molecular formula is C22H30N4O2S. The second-order valence-electron chi connectivity index (χ2n) is 8.11. The summed E-state index contributed by atoms with van der Waals surface area (Å²) in [6.45, 7) is 7.82. The van der Waals surface area contributed by atoms with Gasteiger partial charge < -0.3 is 14.3 Å².